The first-order valence-corrected chi connectivity index (χ1v) is 9.21. The van der Waals surface area contributed by atoms with Gasteiger partial charge in [0.1, 0.15) is 0 Å². The lowest BCUT2D eigenvalue weighted by Gasteiger charge is -2.27. The molecule has 0 spiro atoms. The van der Waals surface area contributed by atoms with Gasteiger partial charge in [0.2, 0.25) is 0 Å². The highest BCUT2D eigenvalue weighted by molar-refractivity contribution is 6.23. The lowest BCUT2D eigenvalue weighted by atomic mass is 10.0. The molecule has 1 aliphatic heterocycles. The van der Waals surface area contributed by atoms with E-state index in [2.05, 4.69) is 0 Å². The van der Waals surface area contributed by atoms with Crippen LogP contribution >= 0.6 is 0 Å². The lowest BCUT2D eigenvalue weighted by Crippen LogP contribution is -2.34. The van der Waals surface area contributed by atoms with Crippen LogP contribution in [0.25, 0.3) is 0 Å². The van der Waals surface area contributed by atoms with E-state index in [1.54, 1.807) is 43.5 Å². The second-order valence-corrected chi connectivity index (χ2v) is 6.54. The zero-order valence-electron chi connectivity index (χ0n) is 16.0. The Hall–Kier alpha value is -3.06. The molecule has 0 radical (unpaired) electrons. The molecule has 0 saturated heterocycles. The summed E-state index contributed by atoms with van der Waals surface area (Å²) in [5.41, 5.74) is 7.37. The van der Waals surface area contributed by atoms with E-state index in [4.69, 9.17) is 15.2 Å². The van der Waals surface area contributed by atoms with Crippen LogP contribution < -0.4 is 15.2 Å². The fourth-order valence-electron chi connectivity index (χ4n) is 3.41. The molecule has 3 rings (SSSR count). The van der Waals surface area contributed by atoms with E-state index >= 15 is 0 Å². The Bertz CT molecular complexity index is 896. The number of benzene rings is 2. The highest BCUT2D eigenvalue weighted by Crippen LogP contribution is 2.38. The van der Waals surface area contributed by atoms with Crippen LogP contribution in [0.15, 0.2) is 36.4 Å². The summed E-state index contributed by atoms with van der Waals surface area (Å²) >= 11 is 0. The summed E-state index contributed by atoms with van der Waals surface area (Å²) in [5.74, 6) is 0.216. The lowest BCUT2D eigenvalue weighted by molar-refractivity contribution is 0.0558. The summed E-state index contributed by atoms with van der Waals surface area (Å²) in [4.78, 5) is 27.1. The van der Waals surface area contributed by atoms with Gasteiger partial charge in [0.15, 0.2) is 11.5 Å². The minimum atomic E-state index is -0.647. The normalized spacial score (nSPS) is 14.2. The Morgan fingerprint density at radius 1 is 1.14 bits per heavy atom. The van der Waals surface area contributed by atoms with Crippen LogP contribution in [-0.4, -0.2) is 42.1 Å². The SMILES string of the molecule is CCCOc1cc(C(CCO)N2C(=O)c3cccc(N)c3C2=O)ccc1OC. The van der Waals surface area contributed by atoms with Gasteiger partial charge in [-0.15, -0.1) is 0 Å². The van der Waals surface area contributed by atoms with Crippen LogP contribution in [0.2, 0.25) is 0 Å². The molecule has 28 heavy (non-hydrogen) atoms. The predicted octanol–water partition coefficient (Wildman–Crippen LogP) is 2.79. The highest BCUT2D eigenvalue weighted by atomic mass is 16.5. The molecule has 0 aliphatic carbocycles. The molecule has 2 amide bonds. The third kappa shape index (κ3) is 3.41. The van der Waals surface area contributed by atoms with Crippen molar-refractivity contribution in [3.05, 3.63) is 53.1 Å². The summed E-state index contributed by atoms with van der Waals surface area (Å²) in [6.07, 6.45) is 1.02. The van der Waals surface area contributed by atoms with E-state index in [1.807, 2.05) is 6.92 Å². The molecular formula is C21H24N2O5. The molecule has 1 unspecified atom stereocenters. The predicted molar refractivity (Wildman–Crippen MR) is 105 cm³/mol. The molecule has 7 heteroatoms. The number of amides is 2. The summed E-state index contributed by atoms with van der Waals surface area (Å²) in [6.45, 7) is 2.31. The number of hydrogen-bond donors (Lipinski definition) is 2. The Labute approximate surface area is 163 Å². The van der Waals surface area contributed by atoms with Gasteiger partial charge in [-0.3, -0.25) is 14.5 Å². The second kappa shape index (κ2) is 8.31. The number of anilines is 1. The largest absolute Gasteiger partial charge is 0.493 e. The number of carbonyl (C=O) groups is 2. The summed E-state index contributed by atoms with van der Waals surface area (Å²) in [6, 6.07) is 9.44. The number of carbonyl (C=O) groups excluding carboxylic acids is 2. The smallest absolute Gasteiger partial charge is 0.264 e. The maximum Gasteiger partial charge on any atom is 0.264 e. The summed E-state index contributed by atoms with van der Waals surface area (Å²) in [7, 11) is 1.55. The van der Waals surface area contributed by atoms with E-state index in [9.17, 15) is 14.7 Å². The topological polar surface area (TPSA) is 102 Å². The van der Waals surface area contributed by atoms with E-state index in [0.29, 0.717) is 23.7 Å². The second-order valence-electron chi connectivity index (χ2n) is 6.54. The zero-order valence-corrected chi connectivity index (χ0v) is 16.0. The van der Waals surface area contributed by atoms with E-state index in [0.717, 1.165) is 6.42 Å². The molecule has 1 atom stereocenters. The van der Waals surface area contributed by atoms with Crippen LogP contribution in [0.1, 0.15) is 52.1 Å². The van der Waals surface area contributed by atoms with Crippen LogP contribution in [0.4, 0.5) is 5.69 Å². The van der Waals surface area contributed by atoms with Crippen molar-refractivity contribution in [2.75, 3.05) is 26.1 Å². The van der Waals surface area contributed by atoms with Gasteiger partial charge in [-0.1, -0.05) is 19.1 Å². The third-order valence-electron chi connectivity index (χ3n) is 4.73. The Kier molecular flexibility index (Phi) is 5.84. The third-order valence-corrected chi connectivity index (χ3v) is 4.73. The molecule has 0 saturated carbocycles. The summed E-state index contributed by atoms with van der Waals surface area (Å²) < 4.78 is 11.1. The fraction of sp³-hybridized carbons (Fsp3) is 0.333. The fourth-order valence-corrected chi connectivity index (χ4v) is 3.41. The molecule has 2 aromatic carbocycles. The Morgan fingerprint density at radius 2 is 1.93 bits per heavy atom. The van der Waals surface area contributed by atoms with Crippen molar-refractivity contribution in [2.24, 2.45) is 0 Å². The number of fused-ring (bicyclic) bond motifs is 1. The molecule has 0 fully saturated rings. The van der Waals surface area contributed by atoms with Crippen molar-refractivity contribution >= 4 is 17.5 Å². The number of ether oxygens (including phenoxy) is 2. The standard InChI is InChI=1S/C21H24N2O5/c1-3-11-28-18-12-13(7-8-17(18)27-2)16(9-10-24)23-20(25)14-5-4-6-15(22)19(14)21(23)26/h4-8,12,16,24H,3,9-11,22H2,1-2H3. The van der Waals surface area contributed by atoms with Crippen molar-refractivity contribution in [3.63, 3.8) is 0 Å². The number of imide groups is 1. The van der Waals surface area contributed by atoms with Gasteiger partial charge in [-0.25, -0.2) is 0 Å². The molecule has 3 N–H and O–H groups in total. The van der Waals surface area contributed by atoms with E-state index in [-0.39, 0.29) is 29.8 Å². The van der Waals surface area contributed by atoms with Gasteiger partial charge >= 0.3 is 0 Å². The molecule has 7 nitrogen and oxygen atoms in total. The number of nitrogen functional groups attached to an aromatic ring is 1. The minimum absolute atomic E-state index is 0.190. The van der Waals surface area contributed by atoms with Gasteiger partial charge < -0.3 is 20.3 Å². The Morgan fingerprint density at radius 3 is 2.57 bits per heavy atom. The van der Waals surface area contributed by atoms with Gasteiger partial charge in [-0.2, -0.15) is 0 Å². The monoisotopic (exact) mass is 384 g/mol. The van der Waals surface area contributed by atoms with Crippen LogP contribution in [0.3, 0.4) is 0 Å². The molecule has 148 valence electrons. The average molecular weight is 384 g/mol. The molecule has 2 aromatic rings. The van der Waals surface area contributed by atoms with Gasteiger partial charge in [0.25, 0.3) is 11.8 Å². The average Bonchev–Trinajstić information content (AvgIpc) is 2.96. The number of hydrogen-bond acceptors (Lipinski definition) is 6. The first-order valence-electron chi connectivity index (χ1n) is 9.21. The van der Waals surface area contributed by atoms with Gasteiger partial charge in [0, 0.05) is 12.3 Å². The minimum Gasteiger partial charge on any atom is -0.493 e. The molecular weight excluding hydrogens is 360 g/mol. The van der Waals surface area contributed by atoms with Crippen molar-refractivity contribution < 1.29 is 24.2 Å². The number of methoxy groups -OCH3 is 1. The van der Waals surface area contributed by atoms with Gasteiger partial charge in [0.05, 0.1) is 30.9 Å². The van der Waals surface area contributed by atoms with Crippen LogP contribution in [0, 0.1) is 0 Å². The van der Waals surface area contributed by atoms with Crippen LogP contribution in [0.5, 0.6) is 11.5 Å². The quantitative estimate of drug-likeness (QED) is 0.536. The van der Waals surface area contributed by atoms with Crippen molar-refractivity contribution in [3.8, 4) is 11.5 Å². The molecule has 0 bridgehead atoms. The van der Waals surface area contributed by atoms with E-state index < -0.39 is 17.9 Å². The van der Waals surface area contributed by atoms with Gasteiger partial charge in [-0.05, 0) is 42.7 Å². The number of rotatable bonds is 8. The van der Waals surface area contributed by atoms with Crippen molar-refractivity contribution in [1.29, 1.82) is 0 Å². The molecule has 0 aromatic heterocycles. The number of nitrogens with zero attached hydrogens (tertiary/aromatic N) is 1. The first kappa shape index (κ1) is 19.7. The number of aliphatic hydroxyl groups excluding tert-OH is 1. The zero-order chi connectivity index (χ0) is 20.3. The first-order chi connectivity index (χ1) is 13.5. The van der Waals surface area contributed by atoms with Crippen molar-refractivity contribution in [2.45, 2.75) is 25.8 Å². The molecule has 1 heterocycles. The number of nitrogens with two attached hydrogens (primary N) is 1. The molecule has 1 aliphatic rings. The van der Waals surface area contributed by atoms with Crippen molar-refractivity contribution in [1.82, 2.24) is 4.90 Å². The highest BCUT2D eigenvalue weighted by Gasteiger charge is 2.41. The number of aliphatic hydroxyl groups is 1. The van der Waals surface area contributed by atoms with Crippen LogP contribution in [-0.2, 0) is 0 Å². The maximum atomic E-state index is 13.0. The summed E-state index contributed by atoms with van der Waals surface area (Å²) in [5, 5.41) is 9.58. The van der Waals surface area contributed by atoms with E-state index in [1.165, 1.54) is 4.90 Å². The maximum absolute atomic E-state index is 13.0. The Balaban J connectivity index is 2.02.